The SMILES string of the molecule is CCOC(=O)c1ccc(NS(=O)(=O)c2ccc(OC)c(I)c2)cc1. The summed E-state index contributed by atoms with van der Waals surface area (Å²) in [5.41, 5.74) is 0.715. The van der Waals surface area contributed by atoms with Crippen LogP contribution in [-0.4, -0.2) is 28.1 Å². The lowest BCUT2D eigenvalue weighted by Gasteiger charge is -2.10. The molecule has 0 radical (unpaired) electrons. The van der Waals surface area contributed by atoms with Gasteiger partial charge in [0.05, 0.1) is 27.7 Å². The van der Waals surface area contributed by atoms with Crippen LogP contribution in [-0.2, 0) is 14.8 Å². The molecule has 0 aliphatic heterocycles. The number of methoxy groups -OCH3 is 1. The molecule has 0 heterocycles. The van der Waals surface area contributed by atoms with Crippen molar-refractivity contribution in [3.05, 3.63) is 51.6 Å². The molecule has 24 heavy (non-hydrogen) atoms. The minimum atomic E-state index is -3.73. The second kappa shape index (κ2) is 7.84. The van der Waals surface area contributed by atoms with Crippen molar-refractivity contribution in [1.29, 1.82) is 0 Å². The van der Waals surface area contributed by atoms with E-state index in [0.717, 1.165) is 0 Å². The van der Waals surface area contributed by atoms with Crippen LogP contribution in [0.15, 0.2) is 47.4 Å². The van der Waals surface area contributed by atoms with Gasteiger partial charge in [-0.3, -0.25) is 4.72 Å². The van der Waals surface area contributed by atoms with E-state index in [0.29, 0.717) is 20.6 Å². The number of carbonyl (C=O) groups is 1. The van der Waals surface area contributed by atoms with Gasteiger partial charge in [0.25, 0.3) is 10.0 Å². The Balaban J connectivity index is 2.20. The molecule has 0 unspecified atom stereocenters. The van der Waals surface area contributed by atoms with Crippen LogP contribution in [0.3, 0.4) is 0 Å². The van der Waals surface area contributed by atoms with Crippen LogP contribution in [0.5, 0.6) is 5.75 Å². The molecule has 2 aromatic carbocycles. The average Bonchev–Trinajstić information content (AvgIpc) is 2.55. The molecular weight excluding hydrogens is 445 g/mol. The molecule has 0 aliphatic carbocycles. The van der Waals surface area contributed by atoms with Crippen LogP contribution in [0.4, 0.5) is 5.69 Å². The number of rotatable bonds is 6. The van der Waals surface area contributed by atoms with Gasteiger partial charge in [-0.25, -0.2) is 13.2 Å². The van der Waals surface area contributed by atoms with Gasteiger partial charge < -0.3 is 9.47 Å². The molecule has 6 nitrogen and oxygen atoms in total. The van der Waals surface area contributed by atoms with Crippen molar-refractivity contribution >= 4 is 44.3 Å². The van der Waals surface area contributed by atoms with Gasteiger partial charge in [0, 0.05) is 5.69 Å². The van der Waals surface area contributed by atoms with E-state index < -0.39 is 16.0 Å². The smallest absolute Gasteiger partial charge is 0.338 e. The maximum Gasteiger partial charge on any atom is 0.338 e. The van der Waals surface area contributed by atoms with E-state index >= 15 is 0 Å². The quantitative estimate of drug-likeness (QED) is 0.528. The molecule has 0 aromatic heterocycles. The summed E-state index contributed by atoms with van der Waals surface area (Å²) >= 11 is 2.01. The Morgan fingerprint density at radius 2 is 1.83 bits per heavy atom. The molecule has 2 rings (SSSR count). The fourth-order valence-electron chi connectivity index (χ4n) is 1.92. The van der Waals surface area contributed by atoms with Gasteiger partial charge in [0.2, 0.25) is 0 Å². The first-order valence-corrected chi connectivity index (χ1v) is 9.57. The normalized spacial score (nSPS) is 11.0. The van der Waals surface area contributed by atoms with E-state index in [1.807, 2.05) is 22.6 Å². The fraction of sp³-hybridized carbons (Fsp3) is 0.188. The van der Waals surface area contributed by atoms with Crippen LogP contribution < -0.4 is 9.46 Å². The van der Waals surface area contributed by atoms with Crippen molar-refractivity contribution in [2.75, 3.05) is 18.4 Å². The van der Waals surface area contributed by atoms with Gasteiger partial charge in [-0.2, -0.15) is 0 Å². The average molecular weight is 461 g/mol. The minimum absolute atomic E-state index is 0.127. The molecule has 0 amide bonds. The summed E-state index contributed by atoms with van der Waals surface area (Å²) in [6, 6.07) is 10.6. The molecule has 0 bridgehead atoms. The summed E-state index contributed by atoms with van der Waals surface area (Å²) in [6.07, 6.45) is 0. The molecule has 0 saturated heterocycles. The molecule has 8 heteroatoms. The number of nitrogens with one attached hydrogen (secondary N) is 1. The van der Waals surface area contributed by atoms with Crippen molar-refractivity contribution in [2.24, 2.45) is 0 Å². The van der Waals surface area contributed by atoms with E-state index in [1.54, 1.807) is 13.0 Å². The van der Waals surface area contributed by atoms with E-state index in [-0.39, 0.29) is 11.5 Å². The minimum Gasteiger partial charge on any atom is -0.496 e. The third-order valence-corrected chi connectivity index (χ3v) is 5.30. The first-order valence-electron chi connectivity index (χ1n) is 7.01. The Morgan fingerprint density at radius 3 is 2.38 bits per heavy atom. The third-order valence-electron chi connectivity index (χ3n) is 3.08. The van der Waals surface area contributed by atoms with Gasteiger partial charge in [-0.05, 0) is 72.0 Å². The van der Waals surface area contributed by atoms with Crippen molar-refractivity contribution < 1.29 is 22.7 Å². The summed E-state index contributed by atoms with van der Waals surface area (Å²) in [6.45, 7) is 2.00. The number of carbonyl (C=O) groups excluding carboxylic acids is 1. The zero-order chi connectivity index (χ0) is 17.7. The van der Waals surface area contributed by atoms with Gasteiger partial charge in [0.15, 0.2) is 0 Å². The molecule has 2 aromatic rings. The number of benzene rings is 2. The number of anilines is 1. The van der Waals surface area contributed by atoms with Crippen LogP contribution in [0.2, 0.25) is 0 Å². The van der Waals surface area contributed by atoms with Crippen LogP contribution in [0.25, 0.3) is 0 Å². The van der Waals surface area contributed by atoms with E-state index in [9.17, 15) is 13.2 Å². The first-order chi connectivity index (χ1) is 11.4. The van der Waals surface area contributed by atoms with Crippen molar-refractivity contribution in [3.63, 3.8) is 0 Å². The Labute approximate surface area is 154 Å². The summed E-state index contributed by atoms with van der Waals surface area (Å²) in [5.74, 6) is 0.157. The molecule has 0 spiro atoms. The lowest BCUT2D eigenvalue weighted by molar-refractivity contribution is 0.0526. The monoisotopic (exact) mass is 461 g/mol. The number of hydrogen-bond donors (Lipinski definition) is 1. The van der Waals surface area contributed by atoms with Gasteiger partial charge in [-0.1, -0.05) is 0 Å². The molecule has 0 saturated carbocycles. The highest BCUT2D eigenvalue weighted by molar-refractivity contribution is 14.1. The topological polar surface area (TPSA) is 81.7 Å². The summed E-state index contributed by atoms with van der Waals surface area (Å²) in [7, 11) is -2.21. The third kappa shape index (κ3) is 4.38. The Morgan fingerprint density at radius 1 is 1.17 bits per heavy atom. The zero-order valence-corrected chi connectivity index (χ0v) is 16.1. The number of sulfonamides is 1. The summed E-state index contributed by atoms with van der Waals surface area (Å²) < 4.78 is 38.0. The molecule has 0 aliphatic rings. The Bertz CT molecular complexity index is 834. The highest BCUT2D eigenvalue weighted by Gasteiger charge is 2.16. The predicted octanol–water partition coefficient (Wildman–Crippen LogP) is 3.28. The summed E-state index contributed by atoms with van der Waals surface area (Å²) in [4.78, 5) is 11.7. The van der Waals surface area contributed by atoms with E-state index in [1.165, 1.54) is 43.5 Å². The Hall–Kier alpha value is -1.81. The van der Waals surface area contributed by atoms with Crippen LogP contribution in [0.1, 0.15) is 17.3 Å². The second-order valence-electron chi connectivity index (χ2n) is 4.70. The standard InChI is InChI=1S/C16H16INO5S/c1-3-23-16(19)11-4-6-12(7-5-11)18-24(20,21)13-8-9-15(22-2)14(17)10-13/h4-10,18H,3H2,1-2H3. The maximum atomic E-state index is 12.4. The zero-order valence-electron chi connectivity index (χ0n) is 13.1. The number of esters is 1. The maximum absolute atomic E-state index is 12.4. The number of ether oxygens (including phenoxy) is 2. The molecular formula is C16H16INO5S. The van der Waals surface area contributed by atoms with Crippen molar-refractivity contribution in [3.8, 4) is 5.75 Å². The largest absolute Gasteiger partial charge is 0.496 e. The second-order valence-corrected chi connectivity index (χ2v) is 7.54. The molecule has 1 N–H and O–H groups in total. The molecule has 0 atom stereocenters. The van der Waals surface area contributed by atoms with Gasteiger partial charge in [-0.15, -0.1) is 0 Å². The first kappa shape index (κ1) is 18.5. The van der Waals surface area contributed by atoms with E-state index in [2.05, 4.69) is 4.72 Å². The van der Waals surface area contributed by atoms with Crippen LogP contribution >= 0.6 is 22.6 Å². The lowest BCUT2D eigenvalue weighted by atomic mass is 10.2. The van der Waals surface area contributed by atoms with Crippen molar-refractivity contribution in [1.82, 2.24) is 0 Å². The highest BCUT2D eigenvalue weighted by Crippen LogP contribution is 2.25. The molecule has 0 fully saturated rings. The molecule has 128 valence electrons. The van der Waals surface area contributed by atoms with Crippen molar-refractivity contribution in [2.45, 2.75) is 11.8 Å². The lowest BCUT2D eigenvalue weighted by Crippen LogP contribution is -2.13. The van der Waals surface area contributed by atoms with Crippen LogP contribution in [0, 0.1) is 3.57 Å². The number of hydrogen-bond acceptors (Lipinski definition) is 5. The highest BCUT2D eigenvalue weighted by atomic mass is 127. The van der Waals surface area contributed by atoms with E-state index in [4.69, 9.17) is 9.47 Å². The van der Waals surface area contributed by atoms with Gasteiger partial charge in [0.1, 0.15) is 5.75 Å². The number of halogens is 1. The predicted molar refractivity (Wildman–Crippen MR) is 98.9 cm³/mol. The Kier molecular flexibility index (Phi) is 6.05. The fourth-order valence-corrected chi connectivity index (χ4v) is 3.95. The summed E-state index contributed by atoms with van der Waals surface area (Å²) in [5, 5.41) is 0. The van der Waals surface area contributed by atoms with Gasteiger partial charge >= 0.3 is 5.97 Å².